The smallest absolute Gasteiger partial charge is 0.269 e. The minimum Gasteiger partial charge on any atom is -0.457 e. The first-order valence-corrected chi connectivity index (χ1v) is 17.4. The summed E-state index contributed by atoms with van der Waals surface area (Å²) in [6.45, 7) is 11.0. The van der Waals surface area contributed by atoms with Gasteiger partial charge in [-0.3, -0.25) is 30.3 Å². The Balaban J connectivity index is 1.38. The Kier molecular flexibility index (Phi) is 11.8. The highest BCUT2D eigenvalue weighted by atomic mass is 32.2. The summed E-state index contributed by atoms with van der Waals surface area (Å²) >= 11 is 1.10. The quantitative estimate of drug-likeness (QED) is 0.171. The number of carbonyl (C=O) groups excluding carboxylic acids is 1. The molecule has 10 nitrogen and oxygen atoms in total. The van der Waals surface area contributed by atoms with Gasteiger partial charge in [0.25, 0.3) is 11.5 Å². The lowest BCUT2D eigenvalue weighted by Gasteiger charge is -2.43. The number of nitrogens with one attached hydrogen (secondary N) is 3. The largest absolute Gasteiger partial charge is 0.457 e. The molecule has 0 radical (unpaired) electrons. The molecule has 0 spiro atoms. The van der Waals surface area contributed by atoms with Crippen LogP contribution in [-0.4, -0.2) is 68.8 Å². The zero-order valence-electron chi connectivity index (χ0n) is 28.1. The highest BCUT2D eigenvalue weighted by Gasteiger charge is 2.33. The number of thioether (sulfide) groups is 1. The number of aryl methyl sites for hydroxylation is 1. The summed E-state index contributed by atoms with van der Waals surface area (Å²) in [7, 11) is 0. The molecule has 3 heterocycles. The molecule has 2 fully saturated rings. The van der Waals surface area contributed by atoms with E-state index in [1.54, 1.807) is 37.4 Å². The molecule has 12 heteroatoms. The fourth-order valence-corrected chi connectivity index (χ4v) is 6.94. The first kappa shape index (κ1) is 35.4. The third-order valence-electron chi connectivity index (χ3n) is 9.13. The maximum atomic E-state index is 15.8. The molecule has 2 atom stereocenters. The van der Waals surface area contributed by atoms with Crippen LogP contribution in [-0.2, 0) is 11.3 Å². The van der Waals surface area contributed by atoms with Crippen molar-refractivity contribution in [3.05, 3.63) is 87.3 Å². The van der Waals surface area contributed by atoms with Crippen LogP contribution in [0.4, 0.5) is 4.39 Å². The van der Waals surface area contributed by atoms with E-state index < -0.39 is 11.7 Å². The molecule has 0 saturated carbocycles. The molecule has 2 aliphatic rings. The van der Waals surface area contributed by atoms with Gasteiger partial charge in [-0.1, -0.05) is 39.0 Å². The van der Waals surface area contributed by atoms with Gasteiger partial charge in [0.2, 0.25) is 0 Å². The number of rotatable bonds is 10. The van der Waals surface area contributed by atoms with Gasteiger partial charge < -0.3 is 19.4 Å². The lowest BCUT2D eigenvalue weighted by molar-refractivity contribution is 0.0109. The number of halogens is 1. The number of piperidine rings is 1. The average molecular weight is 677 g/mol. The van der Waals surface area contributed by atoms with Crippen LogP contribution >= 0.6 is 11.8 Å². The number of amides is 1. The molecule has 2 saturated heterocycles. The predicted octanol–water partition coefficient (Wildman–Crippen LogP) is 6.23. The van der Waals surface area contributed by atoms with Gasteiger partial charge >= 0.3 is 0 Å². The van der Waals surface area contributed by atoms with E-state index in [4.69, 9.17) is 20.3 Å². The number of hydrogen-bond acceptors (Lipinski definition) is 9. The number of hydrogen-bond donors (Lipinski definition) is 3. The minimum absolute atomic E-state index is 0.00953. The number of benzene rings is 2. The van der Waals surface area contributed by atoms with Crippen molar-refractivity contribution in [2.45, 2.75) is 72.0 Å². The molecule has 3 N–H and O–H groups in total. The van der Waals surface area contributed by atoms with Crippen LogP contribution in [0, 0.1) is 35.4 Å². The van der Waals surface area contributed by atoms with E-state index in [0.717, 1.165) is 63.7 Å². The van der Waals surface area contributed by atoms with E-state index in [1.807, 2.05) is 13.8 Å². The zero-order valence-corrected chi connectivity index (χ0v) is 28.9. The fourth-order valence-electron chi connectivity index (χ4n) is 6.23. The van der Waals surface area contributed by atoms with Crippen LogP contribution in [0.5, 0.6) is 11.5 Å². The molecule has 0 aliphatic carbocycles. The molecule has 1 aromatic heterocycles. The maximum Gasteiger partial charge on any atom is 0.269 e. The summed E-state index contributed by atoms with van der Waals surface area (Å²) in [5.74, 6) is -0.282. The monoisotopic (exact) mass is 676 g/mol. The van der Waals surface area contributed by atoms with Gasteiger partial charge in [0, 0.05) is 61.6 Å². The van der Waals surface area contributed by atoms with Crippen LogP contribution in [0.2, 0.25) is 0 Å². The molecule has 1 amide bonds. The van der Waals surface area contributed by atoms with Crippen molar-refractivity contribution in [3.63, 3.8) is 0 Å². The van der Waals surface area contributed by atoms with Crippen molar-refractivity contribution < 1.29 is 18.7 Å². The van der Waals surface area contributed by atoms with Crippen molar-refractivity contribution in [2.24, 2.45) is 11.8 Å². The molecule has 0 unspecified atom stereocenters. The minimum atomic E-state index is -0.699. The number of nitrogens with zero attached hydrogens (tertiary/aromatic N) is 3. The second kappa shape index (κ2) is 16.0. The summed E-state index contributed by atoms with van der Waals surface area (Å²) in [5, 5.41) is 20.2. The molecule has 0 bridgehead atoms. The van der Waals surface area contributed by atoms with Crippen LogP contribution in [0.15, 0.2) is 53.6 Å². The van der Waals surface area contributed by atoms with Gasteiger partial charge in [-0.2, -0.15) is 0 Å². The second-order valence-electron chi connectivity index (χ2n) is 12.9. The summed E-state index contributed by atoms with van der Waals surface area (Å²) in [6.07, 6.45) is 6.53. The molecular weight excluding hydrogens is 631 g/mol. The van der Waals surface area contributed by atoms with Crippen LogP contribution < -0.4 is 15.6 Å². The lowest BCUT2D eigenvalue weighted by atomic mass is 9.88. The zero-order chi connectivity index (χ0) is 34.4. The highest BCUT2D eigenvalue weighted by Crippen LogP contribution is 2.31. The second-order valence-corrected chi connectivity index (χ2v) is 13.9. The Bertz CT molecular complexity index is 1690. The van der Waals surface area contributed by atoms with Crippen molar-refractivity contribution >= 4 is 27.8 Å². The summed E-state index contributed by atoms with van der Waals surface area (Å²) in [5.41, 5.74) is 1.16. The third kappa shape index (κ3) is 8.77. The average Bonchev–Trinajstić information content (AvgIpc) is 3.08. The van der Waals surface area contributed by atoms with E-state index in [0.29, 0.717) is 33.7 Å². The Labute approximate surface area is 285 Å². The van der Waals surface area contributed by atoms with Crippen molar-refractivity contribution in [1.82, 2.24) is 19.8 Å². The van der Waals surface area contributed by atoms with E-state index in [1.165, 1.54) is 22.9 Å². The first-order valence-electron chi connectivity index (χ1n) is 16.6. The SMILES string of the molecule is CC[C@H]1CN(C2CCOCC2)CC[C@H]1NC(=O)c1cc(Oc2ccc(C(=N)SC(=N)C(C)C)cc2)c(Cn2cc(C)ncc2=O)cc1F. The lowest BCUT2D eigenvalue weighted by Crippen LogP contribution is -2.54. The van der Waals surface area contributed by atoms with Gasteiger partial charge in [0.1, 0.15) is 22.4 Å². The number of carbonyl (C=O) groups is 1. The van der Waals surface area contributed by atoms with Crippen LogP contribution in [0.1, 0.15) is 73.6 Å². The van der Waals surface area contributed by atoms with Crippen molar-refractivity contribution in [1.29, 1.82) is 10.8 Å². The fraction of sp³-hybridized carbons (Fsp3) is 0.472. The van der Waals surface area contributed by atoms with Gasteiger partial charge in [-0.25, -0.2) is 4.39 Å². The summed E-state index contributed by atoms with van der Waals surface area (Å²) < 4.78 is 29.0. The molecule has 256 valence electrons. The molecule has 3 aromatic rings. The molecule has 48 heavy (non-hydrogen) atoms. The Morgan fingerprint density at radius 1 is 1.17 bits per heavy atom. The van der Waals surface area contributed by atoms with Gasteiger partial charge in [-0.15, -0.1) is 0 Å². The third-order valence-corrected chi connectivity index (χ3v) is 10.3. The van der Waals surface area contributed by atoms with Gasteiger partial charge in [0.05, 0.1) is 29.0 Å². The number of likely N-dealkylation sites (tertiary alicyclic amines) is 1. The number of ether oxygens (including phenoxy) is 2. The highest BCUT2D eigenvalue weighted by molar-refractivity contribution is 8.26. The van der Waals surface area contributed by atoms with E-state index in [9.17, 15) is 9.59 Å². The molecular formula is C36H45FN6O4S. The van der Waals surface area contributed by atoms with Crippen LogP contribution in [0.25, 0.3) is 0 Å². The van der Waals surface area contributed by atoms with Gasteiger partial charge in [-0.05, 0) is 68.5 Å². The standard InChI is InChI=1S/C36H45FN6O4S/c1-5-24-20-42(27-11-14-46-15-12-27)13-10-31(24)41-36(45)29-17-32(26(16-30(29)37)21-43-19-23(4)40-18-33(43)44)47-28-8-6-25(7-9-28)35(39)48-34(38)22(2)3/h6-9,16-19,22,24,27,31,38-39H,5,10-15,20-21H2,1-4H3,(H,41,45)/t24-,31+/m0/s1. The Morgan fingerprint density at radius 3 is 2.58 bits per heavy atom. The van der Waals surface area contributed by atoms with Gasteiger partial charge in [0.15, 0.2) is 0 Å². The Morgan fingerprint density at radius 2 is 1.90 bits per heavy atom. The molecule has 5 rings (SSSR count). The number of aromatic nitrogens is 2. The summed E-state index contributed by atoms with van der Waals surface area (Å²) in [4.78, 5) is 32.8. The van der Waals surface area contributed by atoms with E-state index >= 15 is 4.39 Å². The van der Waals surface area contributed by atoms with E-state index in [2.05, 4.69) is 22.1 Å². The normalized spacial score (nSPS) is 18.9. The molecule has 2 aliphatic heterocycles. The maximum absolute atomic E-state index is 15.8. The van der Waals surface area contributed by atoms with Crippen LogP contribution in [0.3, 0.4) is 0 Å². The Hall–Kier alpha value is -3.87. The topological polar surface area (TPSA) is 133 Å². The molecule has 2 aromatic carbocycles. The van der Waals surface area contributed by atoms with Crippen molar-refractivity contribution in [3.8, 4) is 11.5 Å². The first-order chi connectivity index (χ1) is 23.0. The van der Waals surface area contributed by atoms with Crippen molar-refractivity contribution in [2.75, 3.05) is 26.3 Å². The predicted molar refractivity (Wildman–Crippen MR) is 187 cm³/mol. The van der Waals surface area contributed by atoms with E-state index in [-0.39, 0.29) is 46.3 Å². The summed E-state index contributed by atoms with van der Waals surface area (Å²) in [6, 6.07) is 9.92.